The lowest BCUT2D eigenvalue weighted by Gasteiger charge is -2.37. The first-order valence-corrected chi connectivity index (χ1v) is 5.90. The van der Waals surface area contributed by atoms with Crippen LogP contribution in [-0.4, -0.2) is 43.7 Å². The first-order valence-electron chi connectivity index (χ1n) is 5.90. The third-order valence-electron chi connectivity index (χ3n) is 3.36. The van der Waals surface area contributed by atoms with E-state index in [9.17, 15) is 0 Å². The summed E-state index contributed by atoms with van der Waals surface area (Å²) < 4.78 is 0. The van der Waals surface area contributed by atoms with Crippen LogP contribution in [-0.2, 0) is 0 Å². The number of rotatable bonds is 1. The zero-order valence-electron chi connectivity index (χ0n) is 10.1. The molecule has 2 rings (SSSR count). The molecule has 1 saturated heterocycles. The Morgan fingerprint density at radius 2 is 1.87 bits per heavy atom. The van der Waals surface area contributed by atoms with Gasteiger partial charge in [0.1, 0.15) is 0 Å². The average molecular weight is 206 g/mol. The first-order chi connectivity index (χ1) is 7.15. The summed E-state index contributed by atoms with van der Waals surface area (Å²) in [5.74, 6) is 1.44. The highest BCUT2D eigenvalue weighted by Gasteiger charge is 2.23. The number of hydrogen-bond donors (Lipinski definition) is 0. The molecule has 0 N–H and O–H groups in total. The van der Waals surface area contributed by atoms with Gasteiger partial charge in [0.25, 0.3) is 0 Å². The predicted molar refractivity (Wildman–Crippen MR) is 64.6 cm³/mol. The van der Waals surface area contributed by atoms with Crippen molar-refractivity contribution >= 4 is 0 Å². The maximum atomic E-state index is 2.43. The highest BCUT2D eigenvalue weighted by molar-refractivity contribution is 5.27. The summed E-state index contributed by atoms with van der Waals surface area (Å²) >= 11 is 0. The summed E-state index contributed by atoms with van der Waals surface area (Å²) in [5.41, 5.74) is 1.55. The molecule has 0 radical (unpaired) electrons. The summed E-state index contributed by atoms with van der Waals surface area (Å²) in [5, 5.41) is 0. The molecule has 2 heteroatoms. The zero-order valence-corrected chi connectivity index (χ0v) is 10.1. The second kappa shape index (κ2) is 4.50. The van der Waals surface area contributed by atoms with Crippen molar-refractivity contribution in [1.29, 1.82) is 0 Å². The van der Waals surface area contributed by atoms with Gasteiger partial charge < -0.3 is 0 Å². The molecule has 0 aromatic heterocycles. The Kier molecular flexibility index (Phi) is 3.27. The average Bonchev–Trinajstić information content (AvgIpc) is 2.17. The molecule has 0 amide bonds. The molecule has 15 heavy (non-hydrogen) atoms. The fourth-order valence-corrected chi connectivity index (χ4v) is 2.60. The summed E-state index contributed by atoms with van der Waals surface area (Å²) in [6.45, 7) is 5.79. The van der Waals surface area contributed by atoms with Crippen LogP contribution in [0.25, 0.3) is 0 Å². The van der Waals surface area contributed by atoms with Crippen molar-refractivity contribution in [3.63, 3.8) is 0 Å². The van der Waals surface area contributed by atoms with E-state index in [1.165, 1.54) is 19.5 Å². The Balaban J connectivity index is 2.01. The van der Waals surface area contributed by atoms with E-state index in [0.717, 1.165) is 12.6 Å². The molecule has 1 atom stereocenters. The monoisotopic (exact) mass is 206 g/mol. The van der Waals surface area contributed by atoms with Crippen LogP contribution in [0.3, 0.4) is 0 Å². The van der Waals surface area contributed by atoms with Gasteiger partial charge in [-0.1, -0.05) is 25.2 Å². The molecule has 2 nitrogen and oxygen atoms in total. The lowest BCUT2D eigenvalue weighted by Crippen LogP contribution is -2.46. The Morgan fingerprint density at radius 3 is 2.40 bits per heavy atom. The van der Waals surface area contributed by atoms with E-state index in [2.05, 4.69) is 49.0 Å². The van der Waals surface area contributed by atoms with Gasteiger partial charge in [-0.25, -0.2) is 0 Å². The molecule has 1 aliphatic carbocycles. The third kappa shape index (κ3) is 2.70. The number of allylic oxidation sites excluding steroid dienone is 3. The van der Waals surface area contributed by atoms with Crippen molar-refractivity contribution in [3.05, 3.63) is 23.8 Å². The standard InChI is InChI=1S/C13H22N2/c1-11-4-6-12(7-5-11)13-8-14(2)10-15(3)9-13/h4,6-7,11,13H,5,8-10H2,1-3H3. The Labute approximate surface area is 93.2 Å². The van der Waals surface area contributed by atoms with Gasteiger partial charge in [0.05, 0.1) is 6.67 Å². The van der Waals surface area contributed by atoms with E-state index < -0.39 is 0 Å². The summed E-state index contributed by atoms with van der Waals surface area (Å²) in [4.78, 5) is 4.81. The molecule has 0 saturated carbocycles. The fraction of sp³-hybridized carbons (Fsp3) is 0.692. The minimum Gasteiger partial charge on any atom is -0.293 e. The summed E-state index contributed by atoms with van der Waals surface area (Å²) in [6, 6.07) is 0. The van der Waals surface area contributed by atoms with Gasteiger partial charge in [-0.3, -0.25) is 9.80 Å². The Bertz CT molecular complexity index is 270. The molecule has 0 bridgehead atoms. The van der Waals surface area contributed by atoms with E-state index >= 15 is 0 Å². The van der Waals surface area contributed by atoms with Crippen LogP contribution in [0.1, 0.15) is 13.3 Å². The minimum absolute atomic E-state index is 0.706. The van der Waals surface area contributed by atoms with Gasteiger partial charge in [0, 0.05) is 19.0 Å². The van der Waals surface area contributed by atoms with E-state index in [-0.39, 0.29) is 0 Å². The number of hydrogen-bond acceptors (Lipinski definition) is 2. The van der Waals surface area contributed by atoms with Crippen LogP contribution in [0.5, 0.6) is 0 Å². The highest BCUT2D eigenvalue weighted by atomic mass is 15.3. The molecule has 0 spiro atoms. The summed E-state index contributed by atoms with van der Waals surface area (Å²) in [7, 11) is 4.41. The van der Waals surface area contributed by atoms with Gasteiger partial charge in [-0.15, -0.1) is 0 Å². The van der Waals surface area contributed by atoms with E-state index in [1.54, 1.807) is 5.57 Å². The van der Waals surface area contributed by atoms with Crippen molar-refractivity contribution in [2.45, 2.75) is 13.3 Å². The van der Waals surface area contributed by atoms with Gasteiger partial charge in [-0.05, 0) is 32.0 Å². The molecule has 1 fully saturated rings. The minimum atomic E-state index is 0.706. The largest absolute Gasteiger partial charge is 0.293 e. The Morgan fingerprint density at radius 1 is 1.20 bits per heavy atom. The van der Waals surface area contributed by atoms with Gasteiger partial charge >= 0.3 is 0 Å². The fourth-order valence-electron chi connectivity index (χ4n) is 2.60. The second-order valence-corrected chi connectivity index (χ2v) is 5.19. The molecule has 0 aromatic carbocycles. The van der Waals surface area contributed by atoms with Gasteiger partial charge in [-0.2, -0.15) is 0 Å². The Hall–Kier alpha value is -0.600. The normalized spacial score (nSPS) is 30.6. The van der Waals surface area contributed by atoms with Crippen molar-refractivity contribution in [3.8, 4) is 0 Å². The maximum Gasteiger partial charge on any atom is 0.0501 e. The number of nitrogens with zero attached hydrogens (tertiary/aromatic N) is 2. The molecule has 2 aliphatic rings. The van der Waals surface area contributed by atoms with Crippen molar-refractivity contribution in [1.82, 2.24) is 9.80 Å². The molecular weight excluding hydrogens is 184 g/mol. The highest BCUT2D eigenvalue weighted by Crippen LogP contribution is 2.24. The molecule has 84 valence electrons. The molecule has 1 heterocycles. The van der Waals surface area contributed by atoms with Crippen LogP contribution in [0.15, 0.2) is 23.8 Å². The lowest BCUT2D eigenvalue weighted by molar-refractivity contribution is 0.102. The quantitative estimate of drug-likeness (QED) is 0.647. The van der Waals surface area contributed by atoms with Crippen molar-refractivity contribution in [2.24, 2.45) is 11.8 Å². The van der Waals surface area contributed by atoms with Gasteiger partial charge in [0.15, 0.2) is 0 Å². The molecular formula is C13H22N2. The van der Waals surface area contributed by atoms with Crippen LogP contribution < -0.4 is 0 Å². The summed E-state index contributed by atoms with van der Waals surface area (Å²) in [6.07, 6.45) is 8.34. The first kappa shape index (κ1) is 10.9. The van der Waals surface area contributed by atoms with E-state index in [4.69, 9.17) is 0 Å². The topological polar surface area (TPSA) is 6.48 Å². The third-order valence-corrected chi connectivity index (χ3v) is 3.36. The lowest BCUT2D eigenvalue weighted by atomic mass is 9.89. The molecule has 0 aromatic rings. The zero-order chi connectivity index (χ0) is 10.8. The van der Waals surface area contributed by atoms with Crippen LogP contribution in [0.2, 0.25) is 0 Å². The van der Waals surface area contributed by atoms with Crippen LogP contribution >= 0.6 is 0 Å². The van der Waals surface area contributed by atoms with Crippen LogP contribution in [0, 0.1) is 11.8 Å². The maximum absolute atomic E-state index is 2.43. The SMILES string of the molecule is CC1C=CC(C2CN(C)CN(C)C2)=CC1. The predicted octanol–water partition coefficient (Wildman–Crippen LogP) is 1.96. The smallest absolute Gasteiger partial charge is 0.0501 e. The molecule has 1 unspecified atom stereocenters. The van der Waals surface area contributed by atoms with E-state index in [1.807, 2.05) is 0 Å². The van der Waals surface area contributed by atoms with Crippen LogP contribution in [0.4, 0.5) is 0 Å². The molecule has 1 aliphatic heterocycles. The van der Waals surface area contributed by atoms with Crippen molar-refractivity contribution in [2.75, 3.05) is 33.9 Å². The van der Waals surface area contributed by atoms with Gasteiger partial charge in [0.2, 0.25) is 0 Å². The van der Waals surface area contributed by atoms with Crippen molar-refractivity contribution < 1.29 is 0 Å². The van der Waals surface area contributed by atoms with E-state index in [0.29, 0.717) is 5.92 Å². The second-order valence-electron chi connectivity index (χ2n) is 5.19.